The Morgan fingerprint density at radius 2 is 2.00 bits per heavy atom. The molecule has 1 aromatic heterocycles. The van der Waals surface area contributed by atoms with E-state index in [2.05, 4.69) is 22.2 Å². The SMILES string of the molecule is CCCCNc1ncnc(Sc2ccc(Cl)cc2)c1N. The molecule has 0 amide bonds. The highest BCUT2D eigenvalue weighted by Crippen LogP contribution is 2.33. The van der Waals surface area contributed by atoms with E-state index < -0.39 is 0 Å². The molecule has 0 aliphatic heterocycles. The van der Waals surface area contributed by atoms with Gasteiger partial charge in [0.15, 0.2) is 5.82 Å². The van der Waals surface area contributed by atoms with Crippen molar-refractivity contribution in [1.29, 1.82) is 0 Å². The number of aromatic nitrogens is 2. The highest BCUT2D eigenvalue weighted by atomic mass is 35.5. The van der Waals surface area contributed by atoms with Crippen LogP contribution in [0.1, 0.15) is 19.8 Å². The van der Waals surface area contributed by atoms with Gasteiger partial charge in [-0.25, -0.2) is 9.97 Å². The van der Waals surface area contributed by atoms with Gasteiger partial charge in [0.05, 0.1) is 0 Å². The van der Waals surface area contributed by atoms with Gasteiger partial charge in [0.25, 0.3) is 0 Å². The molecular formula is C14H17ClN4S. The predicted octanol–water partition coefficient (Wildman–Crippen LogP) is 4.08. The Hall–Kier alpha value is -1.46. The van der Waals surface area contributed by atoms with Crippen LogP contribution >= 0.6 is 23.4 Å². The summed E-state index contributed by atoms with van der Waals surface area (Å²) >= 11 is 7.37. The third-order valence-electron chi connectivity index (χ3n) is 2.70. The number of nitrogens with one attached hydrogen (secondary N) is 1. The zero-order valence-electron chi connectivity index (χ0n) is 11.3. The Bertz CT molecular complexity index is 560. The summed E-state index contributed by atoms with van der Waals surface area (Å²) in [7, 11) is 0. The fourth-order valence-electron chi connectivity index (χ4n) is 1.60. The monoisotopic (exact) mass is 308 g/mol. The summed E-state index contributed by atoms with van der Waals surface area (Å²) in [6, 6.07) is 7.58. The lowest BCUT2D eigenvalue weighted by Gasteiger charge is -2.10. The third-order valence-corrected chi connectivity index (χ3v) is 3.98. The lowest BCUT2D eigenvalue weighted by Crippen LogP contribution is -2.07. The maximum Gasteiger partial charge on any atom is 0.153 e. The number of hydrogen-bond acceptors (Lipinski definition) is 5. The van der Waals surface area contributed by atoms with E-state index in [9.17, 15) is 0 Å². The van der Waals surface area contributed by atoms with Gasteiger partial charge < -0.3 is 11.1 Å². The minimum absolute atomic E-state index is 0.587. The number of anilines is 2. The Morgan fingerprint density at radius 1 is 1.25 bits per heavy atom. The van der Waals surface area contributed by atoms with Crippen LogP contribution in [0.25, 0.3) is 0 Å². The van der Waals surface area contributed by atoms with Gasteiger partial charge in [-0.15, -0.1) is 0 Å². The topological polar surface area (TPSA) is 63.8 Å². The van der Waals surface area contributed by atoms with Crippen LogP contribution in [-0.4, -0.2) is 16.5 Å². The molecule has 20 heavy (non-hydrogen) atoms. The van der Waals surface area contributed by atoms with Gasteiger partial charge in [-0.05, 0) is 30.7 Å². The zero-order chi connectivity index (χ0) is 14.4. The van der Waals surface area contributed by atoms with E-state index in [1.54, 1.807) is 0 Å². The largest absolute Gasteiger partial charge is 0.394 e. The van der Waals surface area contributed by atoms with E-state index in [-0.39, 0.29) is 0 Å². The molecule has 0 radical (unpaired) electrons. The molecule has 2 aromatic rings. The summed E-state index contributed by atoms with van der Waals surface area (Å²) in [4.78, 5) is 9.46. The number of nitrogen functional groups attached to an aromatic ring is 1. The van der Waals surface area contributed by atoms with Crippen molar-refractivity contribution in [2.24, 2.45) is 0 Å². The van der Waals surface area contributed by atoms with Crippen molar-refractivity contribution in [2.45, 2.75) is 29.7 Å². The molecule has 1 aromatic carbocycles. The predicted molar refractivity (Wildman–Crippen MR) is 85.4 cm³/mol. The van der Waals surface area contributed by atoms with E-state index in [1.807, 2.05) is 24.3 Å². The first-order chi connectivity index (χ1) is 9.70. The van der Waals surface area contributed by atoms with E-state index in [4.69, 9.17) is 17.3 Å². The maximum atomic E-state index is 6.11. The van der Waals surface area contributed by atoms with Gasteiger partial charge in [0, 0.05) is 16.5 Å². The van der Waals surface area contributed by atoms with Gasteiger partial charge in [-0.1, -0.05) is 36.7 Å². The fraction of sp³-hybridized carbons (Fsp3) is 0.286. The van der Waals surface area contributed by atoms with Crippen LogP contribution in [0.2, 0.25) is 5.02 Å². The first-order valence-corrected chi connectivity index (χ1v) is 7.68. The summed E-state index contributed by atoms with van der Waals surface area (Å²) < 4.78 is 0. The number of nitrogens with zero attached hydrogens (tertiary/aromatic N) is 2. The molecule has 6 heteroatoms. The first-order valence-electron chi connectivity index (χ1n) is 6.48. The third kappa shape index (κ3) is 4.02. The van der Waals surface area contributed by atoms with Crippen molar-refractivity contribution in [2.75, 3.05) is 17.6 Å². The summed E-state index contributed by atoms with van der Waals surface area (Å²) in [6.45, 7) is 3.01. The lowest BCUT2D eigenvalue weighted by molar-refractivity contribution is 0.829. The minimum Gasteiger partial charge on any atom is -0.394 e. The molecule has 1 heterocycles. The Morgan fingerprint density at radius 3 is 2.70 bits per heavy atom. The second-order valence-electron chi connectivity index (χ2n) is 4.28. The minimum atomic E-state index is 0.587. The molecule has 0 saturated carbocycles. The summed E-state index contributed by atoms with van der Waals surface area (Å²) in [5.41, 5.74) is 6.70. The Balaban J connectivity index is 2.11. The summed E-state index contributed by atoms with van der Waals surface area (Å²) in [5.74, 6) is 0.699. The number of nitrogens with two attached hydrogens (primary N) is 1. The lowest BCUT2D eigenvalue weighted by atomic mass is 10.3. The second-order valence-corrected chi connectivity index (χ2v) is 5.78. The normalized spacial score (nSPS) is 10.5. The van der Waals surface area contributed by atoms with Crippen molar-refractivity contribution in [3.63, 3.8) is 0 Å². The van der Waals surface area contributed by atoms with E-state index >= 15 is 0 Å². The van der Waals surface area contributed by atoms with Crippen LogP contribution < -0.4 is 11.1 Å². The molecule has 0 unspecified atom stereocenters. The average molecular weight is 309 g/mol. The molecule has 0 fully saturated rings. The van der Waals surface area contributed by atoms with E-state index in [0.29, 0.717) is 16.5 Å². The molecule has 0 spiro atoms. The van der Waals surface area contributed by atoms with Gasteiger partial charge in [-0.2, -0.15) is 0 Å². The summed E-state index contributed by atoms with van der Waals surface area (Å²) in [6.07, 6.45) is 3.75. The fourth-order valence-corrected chi connectivity index (χ4v) is 2.53. The molecular weight excluding hydrogens is 292 g/mol. The Labute approximate surface area is 128 Å². The van der Waals surface area contributed by atoms with Crippen LogP contribution in [0, 0.1) is 0 Å². The van der Waals surface area contributed by atoms with Crippen LogP contribution in [0.3, 0.4) is 0 Å². The number of unbranched alkanes of at least 4 members (excludes halogenated alkanes) is 1. The van der Waals surface area contributed by atoms with Gasteiger partial charge >= 0.3 is 0 Å². The standard InChI is InChI=1S/C14H17ClN4S/c1-2-3-8-17-13-12(16)14(19-9-18-13)20-11-6-4-10(15)5-7-11/h4-7,9H,2-3,8,16H2,1H3,(H,17,18,19). The first kappa shape index (κ1) is 14.9. The van der Waals surface area contributed by atoms with Gasteiger partial charge in [-0.3, -0.25) is 0 Å². The van der Waals surface area contributed by atoms with Crippen LogP contribution in [-0.2, 0) is 0 Å². The van der Waals surface area contributed by atoms with Crippen molar-refractivity contribution < 1.29 is 0 Å². The van der Waals surface area contributed by atoms with Crippen molar-refractivity contribution in [3.05, 3.63) is 35.6 Å². The van der Waals surface area contributed by atoms with E-state index in [1.165, 1.54) is 18.1 Å². The molecule has 3 N–H and O–H groups in total. The molecule has 2 rings (SSSR count). The van der Waals surface area contributed by atoms with Gasteiger partial charge in [0.2, 0.25) is 0 Å². The van der Waals surface area contributed by atoms with Crippen molar-refractivity contribution >= 4 is 34.9 Å². The number of hydrogen-bond donors (Lipinski definition) is 2. The van der Waals surface area contributed by atoms with Crippen molar-refractivity contribution in [3.8, 4) is 0 Å². The zero-order valence-corrected chi connectivity index (χ0v) is 12.8. The molecule has 0 aliphatic rings. The second kappa shape index (κ2) is 7.36. The van der Waals surface area contributed by atoms with E-state index in [0.717, 1.165) is 29.3 Å². The molecule has 0 atom stereocenters. The van der Waals surface area contributed by atoms with Crippen LogP contribution in [0.4, 0.5) is 11.5 Å². The quantitative estimate of drug-likeness (QED) is 0.622. The molecule has 0 aliphatic carbocycles. The number of benzene rings is 1. The number of rotatable bonds is 6. The summed E-state index contributed by atoms with van der Waals surface area (Å²) in [5, 5.41) is 4.70. The van der Waals surface area contributed by atoms with Crippen LogP contribution in [0.5, 0.6) is 0 Å². The number of halogens is 1. The average Bonchev–Trinajstić information content (AvgIpc) is 2.45. The molecule has 4 nitrogen and oxygen atoms in total. The van der Waals surface area contributed by atoms with Gasteiger partial charge in [0.1, 0.15) is 17.0 Å². The maximum absolute atomic E-state index is 6.11. The highest BCUT2D eigenvalue weighted by Gasteiger charge is 2.09. The molecule has 0 bridgehead atoms. The van der Waals surface area contributed by atoms with Crippen LogP contribution in [0.15, 0.2) is 40.5 Å². The Kier molecular flexibility index (Phi) is 5.49. The smallest absolute Gasteiger partial charge is 0.153 e. The molecule has 0 saturated heterocycles. The highest BCUT2D eigenvalue weighted by molar-refractivity contribution is 7.99. The molecule has 106 valence electrons. The van der Waals surface area contributed by atoms with Crippen molar-refractivity contribution in [1.82, 2.24) is 9.97 Å².